The summed E-state index contributed by atoms with van der Waals surface area (Å²) >= 11 is 0. The number of esters is 1. The Morgan fingerprint density at radius 3 is 2.59 bits per heavy atom. The van der Waals surface area contributed by atoms with Crippen LogP contribution < -0.4 is 5.73 Å². The Balaban J connectivity index is 2.29. The van der Waals surface area contributed by atoms with Crippen LogP contribution in [0.1, 0.15) is 46.0 Å². The Morgan fingerprint density at radius 2 is 2.00 bits per heavy atom. The summed E-state index contributed by atoms with van der Waals surface area (Å²) in [4.78, 5) is 11.8. The number of hydrogen-bond donors (Lipinski definition) is 1. The fourth-order valence-corrected chi connectivity index (χ4v) is 2.28. The van der Waals surface area contributed by atoms with E-state index in [1.807, 2.05) is 13.8 Å². The minimum atomic E-state index is -0.459. The Hall–Kier alpha value is -0.610. The number of carbonyl (C=O) groups excluding carboxylic acids is 1. The molecule has 100 valence electrons. The SMILES string of the molecule is CCOCC(C)OC(=O)C(N)C1CCCCC1. The maximum atomic E-state index is 11.8. The molecule has 1 aliphatic rings. The summed E-state index contributed by atoms with van der Waals surface area (Å²) in [5, 5.41) is 0. The van der Waals surface area contributed by atoms with Crippen LogP contribution in [-0.2, 0) is 14.3 Å². The van der Waals surface area contributed by atoms with Crippen LogP contribution in [0.15, 0.2) is 0 Å². The van der Waals surface area contributed by atoms with Gasteiger partial charge in [0.25, 0.3) is 0 Å². The standard InChI is InChI=1S/C13H25NO3/c1-3-16-9-10(2)17-13(15)12(14)11-7-5-4-6-8-11/h10-12H,3-9,14H2,1-2H3. The molecule has 0 heterocycles. The Bertz CT molecular complexity index is 227. The highest BCUT2D eigenvalue weighted by Gasteiger charge is 2.28. The van der Waals surface area contributed by atoms with Gasteiger partial charge in [-0.05, 0) is 32.6 Å². The van der Waals surface area contributed by atoms with Gasteiger partial charge in [-0.2, -0.15) is 0 Å². The normalized spacial score (nSPS) is 20.9. The predicted molar refractivity (Wildman–Crippen MR) is 66.6 cm³/mol. The van der Waals surface area contributed by atoms with Crippen LogP contribution in [0.2, 0.25) is 0 Å². The van der Waals surface area contributed by atoms with Gasteiger partial charge >= 0.3 is 5.97 Å². The zero-order valence-corrected chi connectivity index (χ0v) is 11.0. The van der Waals surface area contributed by atoms with Gasteiger partial charge in [0.1, 0.15) is 12.1 Å². The van der Waals surface area contributed by atoms with Crippen molar-refractivity contribution in [3.8, 4) is 0 Å². The third-order valence-electron chi connectivity index (χ3n) is 3.30. The molecule has 1 saturated carbocycles. The Kier molecular flexibility index (Phi) is 6.52. The zero-order valence-electron chi connectivity index (χ0n) is 11.0. The maximum Gasteiger partial charge on any atom is 0.323 e. The highest BCUT2D eigenvalue weighted by atomic mass is 16.6. The number of carbonyl (C=O) groups is 1. The minimum Gasteiger partial charge on any atom is -0.459 e. The van der Waals surface area contributed by atoms with E-state index in [1.54, 1.807) is 0 Å². The highest BCUT2D eigenvalue weighted by Crippen LogP contribution is 2.26. The number of hydrogen-bond acceptors (Lipinski definition) is 4. The molecule has 1 fully saturated rings. The second kappa shape index (κ2) is 7.67. The maximum absolute atomic E-state index is 11.8. The van der Waals surface area contributed by atoms with Crippen molar-refractivity contribution in [1.82, 2.24) is 0 Å². The van der Waals surface area contributed by atoms with Crippen molar-refractivity contribution in [1.29, 1.82) is 0 Å². The molecule has 0 spiro atoms. The lowest BCUT2D eigenvalue weighted by atomic mass is 9.84. The third-order valence-corrected chi connectivity index (χ3v) is 3.30. The summed E-state index contributed by atoms with van der Waals surface area (Å²) in [6.45, 7) is 4.83. The zero-order chi connectivity index (χ0) is 12.7. The van der Waals surface area contributed by atoms with Crippen molar-refractivity contribution < 1.29 is 14.3 Å². The summed E-state index contributed by atoms with van der Waals surface area (Å²) in [7, 11) is 0. The van der Waals surface area contributed by atoms with Crippen LogP contribution in [0.4, 0.5) is 0 Å². The lowest BCUT2D eigenvalue weighted by molar-refractivity contribution is -0.154. The molecule has 0 saturated heterocycles. The Labute approximate surface area is 104 Å². The molecule has 1 aliphatic carbocycles. The van der Waals surface area contributed by atoms with E-state index in [4.69, 9.17) is 15.2 Å². The second-order valence-corrected chi connectivity index (χ2v) is 4.83. The van der Waals surface area contributed by atoms with Crippen molar-refractivity contribution in [2.24, 2.45) is 11.7 Å². The molecule has 2 atom stereocenters. The summed E-state index contributed by atoms with van der Waals surface area (Å²) in [6.07, 6.45) is 5.52. The lowest BCUT2D eigenvalue weighted by Crippen LogP contribution is -2.42. The molecule has 4 heteroatoms. The number of rotatable bonds is 6. The first-order valence-corrected chi connectivity index (χ1v) is 6.69. The van der Waals surface area contributed by atoms with E-state index in [2.05, 4.69) is 0 Å². The molecule has 0 aromatic heterocycles. The summed E-state index contributed by atoms with van der Waals surface area (Å²) < 4.78 is 10.5. The van der Waals surface area contributed by atoms with Gasteiger partial charge in [0.15, 0.2) is 0 Å². The fourth-order valence-electron chi connectivity index (χ4n) is 2.28. The first-order chi connectivity index (χ1) is 8.15. The van der Waals surface area contributed by atoms with Crippen LogP contribution in [-0.4, -0.2) is 31.3 Å². The molecule has 0 bridgehead atoms. The smallest absolute Gasteiger partial charge is 0.323 e. The predicted octanol–water partition coefficient (Wildman–Crippen LogP) is 1.86. The lowest BCUT2D eigenvalue weighted by Gasteiger charge is -2.27. The van der Waals surface area contributed by atoms with Crippen molar-refractivity contribution in [3.63, 3.8) is 0 Å². The van der Waals surface area contributed by atoms with Gasteiger partial charge in [0.2, 0.25) is 0 Å². The average molecular weight is 243 g/mol. The molecule has 1 rings (SSSR count). The first-order valence-electron chi connectivity index (χ1n) is 6.69. The average Bonchev–Trinajstić information content (AvgIpc) is 2.36. The fraction of sp³-hybridized carbons (Fsp3) is 0.923. The van der Waals surface area contributed by atoms with Crippen LogP contribution in [0, 0.1) is 5.92 Å². The van der Waals surface area contributed by atoms with Crippen molar-refractivity contribution in [2.45, 2.75) is 58.1 Å². The van der Waals surface area contributed by atoms with Gasteiger partial charge in [-0.25, -0.2) is 0 Å². The molecule has 2 unspecified atom stereocenters. The van der Waals surface area contributed by atoms with E-state index in [-0.39, 0.29) is 12.1 Å². The van der Waals surface area contributed by atoms with Crippen LogP contribution in [0.25, 0.3) is 0 Å². The van der Waals surface area contributed by atoms with Gasteiger partial charge in [-0.3, -0.25) is 4.79 Å². The molecule has 0 amide bonds. The summed E-state index contributed by atoms with van der Waals surface area (Å²) in [5.41, 5.74) is 5.95. The van der Waals surface area contributed by atoms with Crippen LogP contribution in [0.3, 0.4) is 0 Å². The quantitative estimate of drug-likeness (QED) is 0.723. The highest BCUT2D eigenvalue weighted by molar-refractivity contribution is 5.76. The molecule has 2 N–H and O–H groups in total. The van der Waals surface area contributed by atoms with Gasteiger partial charge < -0.3 is 15.2 Å². The summed E-state index contributed by atoms with van der Waals surface area (Å²) in [6, 6.07) is -0.459. The molecule has 0 aliphatic heterocycles. The van der Waals surface area contributed by atoms with Gasteiger partial charge in [0.05, 0.1) is 6.61 Å². The van der Waals surface area contributed by atoms with Crippen molar-refractivity contribution >= 4 is 5.97 Å². The summed E-state index contributed by atoms with van der Waals surface area (Å²) in [5.74, 6) is 0.0275. The number of nitrogens with two attached hydrogens (primary N) is 1. The van der Waals surface area contributed by atoms with Crippen molar-refractivity contribution in [2.75, 3.05) is 13.2 Å². The second-order valence-electron chi connectivity index (χ2n) is 4.83. The molecule has 4 nitrogen and oxygen atoms in total. The van der Waals surface area contributed by atoms with Crippen LogP contribution in [0.5, 0.6) is 0 Å². The Morgan fingerprint density at radius 1 is 1.35 bits per heavy atom. The molecular formula is C13H25NO3. The molecule has 17 heavy (non-hydrogen) atoms. The van der Waals surface area contributed by atoms with E-state index < -0.39 is 6.04 Å². The minimum absolute atomic E-state index is 0.211. The monoisotopic (exact) mass is 243 g/mol. The third kappa shape index (κ3) is 5.04. The van der Waals surface area contributed by atoms with E-state index in [0.29, 0.717) is 19.1 Å². The van der Waals surface area contributed by atoms with Crippen molar-refractivity contribution in [3.05, 3.63) is 0 Å². The largest absolute Gasteiger partial charge is 0.459 e. The molecule has 0 radical (unpaired) electrons. The number of ether oxygens (including phenoxy) is 2. The topological polar surface area (TPSA) is 61.5 Å². The molecule has 0 aromatic carbocycles. The van der Waals surface area contributed by atoms with E-state index >= 15 is 0 Å². The molecule has 0 aromatic rings. The van der Waals surface area contributed by atoms with E-state index in [0.717, 1.165) is 12.8 Å². The van der Waals surface area contributed by atoms with Crippen LogP contribution >= 0.6 is 0 Å². The molecular weight excluding hydrogens is 218 g/mol. The van der Waals surface area contributed by atoms with E-state index in [1.165, 1.54) is 19.3 Å². The van der Waals surface area contributed by atoms with Gasteiger partial charge in [-0.15, -0.1) is 0 Å². The van der Waals surface area contributed by atoms with Gasteiger partial charge in [0, 0.05) is 6.61 Å². The van der Waals surface area contributed by atoms with E-state index in [9.17, 15) is 4.79 Å². The van der Waals surface area contributed by atoms with Gasteiger partial charge in [-0.1, -0.05) is 19.3 Å². The first kappa shape index (κ1) is 14.5.